The molecular formula is C13H10BrNS. The van der Waals surface area contributed by atoms with Gasteiger partial charge >= 0.3 is 0 Å². The van der Waals surface area contributed by atoms with Gasteiger partial charge in [-0.2, -0.15) is 0 Å². The summed E-state index contributed by atoms with van der Waals surface area (Å²) in [4.78, 5) is 0.729. The summed E-state index contributed by atoms with van der Waals surface area (Å²) in [6, 6.07) is 17.8. The summed E-state index contributed by atoms with van der Waals surface area (Å²) in [6.07, 6.45) is 0. The average molecular weight is 292 g/mol. The van der Waals surface area contributed by atoms with Gasteiger partial charge in [0.25, 0.3) is 0 Å². The van der Waals surface area contributed by atoms with Crippen molar-refractivity contribution in [3.05, 3.63) is 64.6 Å². The zero-order valence-electron chi connectivity index (χ0n) is 8.48. The summed E-state index contributed by atoms with van der Waals surface area (Å²) in [5.74, 6) is 0. The molecule has 0 amide bonds. The Labute approximate surface area is 109 Å². The Morgan fingerprint density at radius 2 is 1.56 bits per heavy atom. The van der Waals surface area contributed by atoms with Crippen molar-refractivity contribution in [2.24, 2.45) is 0 Å². The summed E-state index contributed by atoms with van der Waals surface area (Å²) in [7, 11) is 0. The minimum Gasteiger partial charge on any atom is -0.345 e. The van der Waals surface area contributed by atoms with Gasteiger partial charge in [0.1, 0.15) is 4.99 Å². The van der Waals surface area contributed by atoms with Crippen LogP contribution in [0, 0.1) is 0 Å². The fourth-order valence-corrected chi connectivity index (χ4v) is 1.98. The van der Waals surface area contributed by atoms with Gasteiger partial charge < -0.3 is 5.32 Å². The van der Waals surface area contributed by atoms with E-state index in [2.05, 4.69) is 21.2 Å². The summed E-state index contributed by atoms with van der Waals surface area (Å²) in [5.41, 5.74) is 2.00. The highest BCUT2D eigenvalue weighted by atomic mass is 79.9. The maximum absolute atomic E-state index is 5.33. The van der Waals surface area contributed by atoms with Crippen LogP contribution in [0.25, 0.3) is 0 Å². The number of rotatable bonds is 2. The molecule has 0 fully saturated rings. The van der Waals surface area contributed by atoms with Crippen LogP contribution in [0.2, 0.25) is 0 Å². The molecule has 1 nitrogen and oxygen atoms in total. The van der Waals surface area contributed by atoms with Crippen molar-refractivity contribution in [2.45, 2.75) is 0 Å². The molecule has 0 aliphatic heterocycles. The van der Waals surface area contributed by atoms with Crippen LogP contribution in [0.15, 0.2) is 59.1 Å². The molecule has 80 valence electrons. The summed E-state index contributed by atoms with van der Waals surface area (Å²) in [6.45, 7) is 0. The number of hydrogen-bond donors (Lipinski definition) is 1. The number of hydrogen-bond acceptors (Lipinski definition) is 1. The molecule has 0 saturated carbocycles. The lowest BCUT2D eigenvalue weighted by Gasteiger charge is -2.09. The zero-order valence-corrected chi connectivity index (χ0v) is 10.9. The minimum atomic E-state index is 0.729. The van der Waals surface area contributed by atoms with Crippen LogP contribution < -0.4 is 5.32 Å². The molecule has 16 heavy (non-hydrogen) atoms. The third-order valence-corrected chi connectivity index (χ3v) is 3.19. The van der Waals surface area contributed by atoms with E-state index in [0.29, 0.717) is 0 Å². The van der Waals surface area contributed by atoms with E-state index < -0.39 is 0 Å². The number of para-hydroxylation sites is 1. The Balaban J connectivity index is 2.18. The second kappa shape index (κ2) is 5.23. The molecule has 0 aromatic heterocycles. The standard InChI is InChI=1S/C13H10BrNS/c14-11-8-4-5-9-12(11)15-13(16)10-6-2-1-3-7-10/h1-9H,(H,15,16). The SMILES string of the molecule is S=C(Nc1ccccc1Br)c1ccccc1. The van der Waals surface area contributed by atoms with Gasteiger partial charge in [0.05, 0.1) is 5.69 Å². The summed E-state index contributed by atoms with van der Waals surface area (Å²) < 4.78 is 1.01. The zero-order chi connectivity index (χ0) is 11.4. The molecule has 0 saturated heterocycles. The molecule has 0 atom stereocenters. The van der Waals surface area contributed by atoms with E-state index in [0.717, 1.165) is 20.7 Å². The van der Waals surface area contributed by atoms with E-state index in [1.165, 1.54) is 0 Å². The van der Waals surface area contributed by atoms with Crippen LogP contribution >= 0.6 is 28.1 Å². The first kappa shape index (κ1) is 11.3. The first-order valence-corrected chi connectivity index (χ1v) is 6.08. The van der Waals surface area contributed by atoms with Gasteiger partial charge in [0.15, 0.2) is 0 Å². The van der Waals surface area contributed by atoms with E-state index in [4.69, 9.17) is 12.2 Å². The van der Waals surface area contributed by atoms with E-state index >= 15 is 0 Å². The number of halogens is 1. The molecular weight excluding hydrogens is 282 g/mol. The maximum atomic E-state index is 5.33. The van der Waals surface area contributed by atoms with Crippen molar-refractivity contribution < 1.29 is 0 Å². The van der Waals surface area contributed by atoms with Gasteiger partial charge in [0.2, 0.25) is 0 Å². The highest BCUT2D eigenvalue weighted by Gasteiger charge is 2.02. The van der Waals surface area contributed by atoms with Crippen LogP contribution in [0.3, 0.4) is 0 Å². The average Bonchev–Trinajstić information content (AvgIpc) is 2.33. The second-order valence-electron chi connectivity index (χ2n) is 3.30. The van der Waals surface area contributed by atoms with Crippen molar-refractivity contribution in [3.63, 3.8) is 0 Å². The van der Waals surface area contributed by atoms with Gasteiger partial charge in [-0.1, -0.05) is 54.7 Å². The first-order valence-electron chi connectivity index (χ1n) is 4.88. The molecule has 3 heteroatoms. The molecule has 0 bridgehead atoms. The van der Waals surface area contributed by atoms with E-state index in [9.17, 15) is 0 Å². The van der Waals surface area contributed by atoms with Gasteiger partial charge in [-0.25, -0.2) is 0 Å². The Hall–Kier alpha value is -1.19. The topological polar surface area (TPSA) is 12.0 Å². The lowest BCUT2D eigenvalue weighted by molar-refractivity contribution is 1.58. The summed E-state index contributed by atoms with van der Waals surface area (Å²) >= 11 is 8.81. The van der Waals surface area contributed by atoms with Gasteiger partial charge in [-0.15, -0.1) is 0 Å². The van der Waals surface area contributed by atoms with Crippen molar-refractivity contribution in [3.8, 4) is 0 Å². The van der Waals surface area contributed by atoms with Crippen molar-refractivity contribution in [1.29, 1.82) is 0 Å². The quantitative estimate of drug-likeness (QED) is 0.831. The van der Waals surface area contributed by atoms with E-state index in [1.54, 1.807) is 0 Å². The van der Waals surface area contributed by atoms with Gasteiger partial charge in [0, 0.05) is 10.0 Å². The Bertz CT molecular complexity index is 496. The predicted octanol–water partition coefficient (Wildman–Crippen LogP) is 4.24. The molecule has 2 aromatic rings. The highest BCUT2D eigenvalue weighted by molar-refractivity contribution is 9.10. The third-order valence-electron chi connectivity index (χ3n) is 2.16. The van der Waals surface area contributed by atoms with Crippen molar-refractivity contribution in [1.82, 2.24) is 0 Å². The second-order valence-corrected chi connectivity index (χ2v) is 4.56. The van der Waals surface area contributed by atoms with Gasteiger partial charge in [-0.3, -0.25) is 0 Å². The highest BCUT2D eigenvalue weighted by Crippen LogP contribution is 2.22. The van der Waals surface area contributed by atoms with Crippen LogP contribution in [-0.4, -0.2) is 4.99 Å². The van der Waals surface area contributed by atoms with Crippen LogP contribution in [0.4, 0.5) is 5.69 Å². The molecule has 0 unspecified atom stereocenters. The first-order chi connectivity index (χ1) is 7.77. The van der Waals surface area contributed by atoms with E-state index in [-0.39, 0.29) is 0 Å². The number of benzene rings is 2. The minimum absolute atomic E-state index is 0.729. The predicted molar refractivity (Wildman–Crippen MR) is 75.9 cm³/mol. The third kappa shape index (κ3) is 2.68. The van der Waals surface area contributed by atoms with Crippen molar-refractivity contribution >= 4 is 38.8 Å². The Morgan fingerprint density at radius 1 is 0.938 bits per heavy atom. The monoisotopic (exact) mass is 291 g/mol. The normalized spacial score (nSPS) is 9.81. The number of thiocarbonyl (C=S) groups is 1. The maximum Gasteiger partial charge on any atom is 0.111 e. The van der Waals surface area contributed by atoms with Crippen LogP contribution in [-0.2, 0) is 0 Å². The molecule has 0 radical (unpaired) electrons. The lowest BCUT2D eigenvalue weighted by Crippen LogP contribution is -2.10. The van der Waals surface area contributed by atoms with Crippen LogP contribution in [0.1, 0.15) is 5.56 Å². The largest absolute Gasteiger partial charge is 0.345 e. The van der Waals surface area contributed by atoms with E-state index in [1.807, 2.05) is 54.6 Å². The molecule has 0 heterocycles. The van der Waals surface area contributed by atoms with Crippen molar-refractivity contribution in [2.75, 3.05) is 5.32 Å². The van der Waals surface area contributed by atoms with Gasteiger partial charge in [-0.05, 0) is 28.1 Å². The molecule has 0 aliphatic carbocycles. The smallest absolute Gasteiger partial charge is 0.111 e. The Morgan fingerprint density at radius 3 is 2.25 bits per heavy atom. The number of anilines is 1. The fraction of sp³-hybridized carbons (Fsp3) is 0. The Kier molecular flexibility index (Phi) is 3.70. The molecule has 2 aromatic carbocycles. The number of nitrogens with one attached hydrogen (secondary N) is 1. The lowest BCUT2D eigenvalue weighted by atomic mass is 10.2. The summed E-state index contributed by atoms with van der Waals surface area (Å²) in [5, 5.41) is 3.21. The molecule has 0 spiro atoms. The molecule has 1 N–H and O–H groups in total. The van der Waals surface area contributed by atoms with Crippen LogP contribution in [0.5, 0.6) is 0 Å². The fourth-order valence-electron chi connectivity index (χ4n) is 1.35. The molecule has 2 rings (SSSR count). The molecule has 0 aliphatic rings.